The number of nitrogens with zero attached hydrogens (tertiary/aromatic N) is 1. The molecule has 4 N–H and O–H groups in total. The third kappa shape index (κ3) is 5.62. The van der Waals surface area contributed by atoms with Gasteiger partial charge in [-0.3, -0.25) is 0 Å². The summed E-state index contributed by atoms with van der Waals surface area (Å²) in [5, 5.41) is 15.0. The Morgan fingerprint density at radius 1 is 1.53 bits per heavy atom. The second kappa shape index (κ2) is 6.67. The molecular formula is C11H25N3O. The molecule has 0 aliphatic heterocycles. The van der Waals surface area contributed by atoms with Crippen molar-refractivity contribution in [2.45, 2.75) is 40.5 Å². The van der Waals surface area contributed by atoms with Gasteiger partial charge in [-0.15, -0.1) is 0 Å². The molecule has 1 unspecified atom stereocenters. The molecule has 15 heavy (non-hydrogen) atoms. The number of hydrogen-bond acceptors (Lipinski definition) is 3. The summed E-state index contributed by atoms with van der Waals surface area (Å²) in [7, 11) is 0. The topological polar surface area (TPSA) is 70.6 Å². The molecule has 0 amide bonds. The summed E-state index contributed by atoms with van der Waals surface area (Å²) in [5.74, 6) is 1.00. The van der Waals surface area contributed by atoms with Crippen LogP contribution in [-0.4, -0.2) is 24.1 Å². The van der Waals surface area contributed by atoms with E-state index in [-0.39, 0.29) is 5.41 Å². The Morgan fingerprint density at radius 2 is 2.13 bits per heavy atom. The monoisotopic (exact) mass is 215 g/mol. The van der Waals surface area contributed by atoms with E-state index in [1.807, 2.05) is 13.8 Å². The number of nitrogens with one attached hydrogen (secondary N) is 1. The number of oxime groups is 1. The van der Waals surface area contributed by atoms with Crippen molar-refractivity contribution < 1.29 is 5.21 Å². The quantitative estimate of drug-likeness (QED) is 0.199. The summed E-state index contributed by atoms with van der Waals surface area (Å²) in [6.07, 6.45) is 2.07. The van der Waals surface area contributed by atoms with Gasteiger partial charge in [-0.1, -0.05) is 39.3 Å². The molecule has 0 aromatic heterocycles. The minimum absolute atomic E-state index is 0.239. The second-order valence-electron chi connectivity index (χ2n) is 4.84. The van der Waals surface area contributed by atoms with Crippen LogP contribution in [0.5, 0.6) is 0 Å². The van der Waals surface area contributed by atoms with Crippen LogP contribution in [0.2, 0.25) is 0 Å². The average Bonchev–Trinajstić information content (AvgIpc) is 2.22. The highest BCUT2D eigenvalue weighted by molar-refractivity contribution is 5.85. The summed E-state index contributed by atoms with van der Waals surface area (Å²) >= 11 is 0. The largest absolute Gasteiger partial charge is 0.409 e. The highest BCUT2D eigenvalue weighted by atomic mass is 16.4. The molecule has 0 heterocycles. The zero-order valence-electron chi connectivity index (χ0n) is 10.4. The van der Waals surface area contributed by atoms with Crippen LogP contribution in [-0.2, 0) is 0 Å². The number of hydrogen-bond donors (Lipinski definition) is 3. The Kier molecular flexibility index (Phi) is 6.32. The molecule has 90 valence electrons. The molecule has 0 bridgehead atoms. The highest BCUT2D eigenvalue weighted by Gasteiger charge is 2.22. The van der Waals surface area contributed by atoms with E-state index in [0.29, 0.717) is 11.8 Å². The lowest BCUT2D eigenvalue weighted by atomic mass is 9.88. The van der Waals surface area contributed by atoms with Gasteiger partial charge in [0.2, 0.25) is 0 Å². The van der Waals surface area contributed by atoms with Crippen molar-refractivity contribution in [3.05, 3.63) is 0 Å². The summed E-state index contributed by atoms with van der Waals surface area (Å²) in [6.45, 7) is 10.3. The molecule has 0 radical (unpaired) electrons. The van der Waals surface area contributed by atoms with E-state index >= 15 is 0 Å². The van der Waals surface area contributed by atoms with Gasteiger partial charge in [0.15, 0.2) is 0 Å². The van der Waals surface area contributed by atoms with Crippen molar-refractivity contribution in [1.82, 2.24) is 5.32 Å². The van der Waals surface area contributed by atoms with E-state index in [2.05, 4.69) is 24.3 Å². The summed E-state index contributed by atoms with van der Waals surface area (Å²) in [5.41, 5.74) is 5.35. The highest BCUT2D eigenvalue weighted by Crippen LogP contribution is 2.19. The summed E-state index contributed by atoms with van der Waals surface area (Å²) < 4.78 is 0. The third-order valence-electron chi connectivity index (χ3n) is 2.92. The first-order chi connectivity index (χ1) is 6.94. The maximum absolute atomic E-state index is 8.60. The molecule has 0 fully saturated rings. The van der Waals surface area contributed by atoms with Crippen LogP contribution in [0.25, 0.3) is 0 Å². The fraction of sp³-hybridized carbons (Fsp3) is 0.909. The van der Waals surface area contributed by atoms with Gasteiger partial charge in [-0.25, -0.2) is 0 Å². The van der Waals surface area contributed by atoms with Crippen molar-refractivity contribution >= 4 is 5.84 Å². The minimum Gasteiger partial charge on any atom is -0.409 e. The molecule has 0 aliphatic rings. The van der Waals surface area contributed by atoms with Crippen molar-refractivity contribution in [2.75, 3.05) is 13.1 Å². The summed E-state index contributed by atoms with van der Waals surface area (Å²) in [6, 6.07) is 0. The van der Waals surface area contributed by atoms with Gasteiger partial charge in [0.05, 0.1) is 0 Å². The molecule has 0 spiro atoms. The molecule has 1 atom stereocenters. The predicted molar refractivity (Wildman–Crippen MR) is 64.1 cm³/mol. The SMILES string of the molecule is CCC(C)CNCCC(C)(C)C(N)=NO. The van der Waals surface area contributed by atoms with Crippen molar-refractivity contribution in [1.29, 1.82) is 0 Å². The van der Waals surface area contributed by atoms with Crippen LogP contribution in [0.3, 0.4) is 0 Å². The standard InChI is InChI=1S/C11H25N3O/c1-5-9(2)8-13-7-6-11(3,4)10(12)14-15/h9,13,15H,5-8H2,1-4H3,(H2,12,14). The lowest BCUT2D eigenvalue weighted by molar-refractivity contribution is 0.304. The van der Waals surface area contributed by atoms with E-state index in [9.17, 15) is 0 Å². The lowest BCUT2D eigenvalue weighted by Crippen LogP contribution is -2.35. The Labute approximate surface area is 92.9 Å². The molecule has 0 aromatic rings. The molecule has 0 aromatic carbocycles. The van der Waals surface area contributed by atoms with E-state index < -0.39 is 0 Å². The molecular weight excluding hydrogens is 190 g/mol. The number of rotatable bonds is 7. The van der Waals surface area contributed by atoms with E-state index in [0.717, 1.165) is 19.5 Å². The van der Waals surface area contributed by atoms with E-state index in [4.69, 9.17) is 10.9 Å². The van der Waals surface area contributed by atoms with Crippen molar-refractivity contribution in [2.24, 2.45) is 22.2 Å². The first kappa shape index (κ1) is 14.2. The fourth-order valence-electron chi connectivity index (χ4n) is 1.16. The third-order valence-corrected chi connectivity index (χ3v) is 2.92. The van der Waals surface area contributed by atoms with E-state index in [1.54, 1.807) is 0 Å². The average molecular weight is 215 g/mol. The number of nitrogens with two attached hydrogens (primary N) is 1. The van der Waals surface area contributed by atoms with Gasteiger partial charge in [-0.2, -0.15) is 0 Å². The van der Waals surface area contributed by atoms with E-state index in [1.165, 1.54) is 6.42 Å². The second-order valence-corrected chi connectivity index (χ2v) is 4.84. The predicted octanol–water partition coefficient (Wildman–Crippen LogP) is 1.78. The first-order valence-corrected chi connectivity index (χ1v) is 5.62. The fourth-order valence-corrected chi connectivity index (χ4v) is 1.16. The van der Waals surface area contributed by atoms with Crippen LogP contribution < -0.4 is 11.1 Å². The first-order valence-electron chi connectivity index (χ1n) is 5.62. The van der Waals surface area contributed by atoms with Crippen molar-refractivity contribution in [3.8, 4) is 0 Å². The normalized spacial score (nSPS) is 15.3. The maximum Gasteiger partial charge on any atom is 0.144 e. The van der Waals surface area contributed by atoms with Crippen LogP contribution in [0.4, 0.5) is 0 Å². The molecule has 0 saturated carbocycles. The van der Waals surface area contributed by atoms with Gasteiger partial charge < -0.3 is 16.3 Å². The van der Waals surface area contributed by atoms with Gasteiger partial charge in [-0.05, 0) is 25.4 Å². The Hall–Kier alpha value is -0.770. The molecule has 0 saturated heterocycles. The molecule has 0 aliphatic carbocycles. The minimum atomic E-state index is -0.239. The molecule has 4 nitrogen and oxygen atoms in total. The van der Waals surface area contributed by atoms with Crippen LogP contribution in [0, 0.1) is 11.3 Å². The van der Waals surface area contributed by atoms with Crippen molar-refractivity contribution in [3.63, 3.8) is 0 Å². The Balaban J connectivity index is 3.76. The van der Waals surface area contributed by atoms with Crippen LogP contribution >= 0.6 is 0 Å². The van der Waals surface area contributed by atoms with Gasteiger partial charge in [0.25, 0.3) is 0 Å². The van der Waals surface area contributed by atoms with Gasteiger partial charge in [0.1, 0.15) is 5.84 Å². The Morgan fingerprint density at radius 3 is 2.60 bits per heavy atom. The zero-order valence-corrected chi connectivity index (χ0v) is 10.4. The van der Waals surface area contributed by atoms with Gasteiger partial charge in [0, 0.05) is 5.41 Å². The smallest absolute Gasteiger partial charge is 0.144 e. The lowest BCUT2D eigenvalue weighted by Gasteiger charge is -2.23. The van der Waals surface area contributed by atoms with Gasteiger partial charge >= 0.3 is 0 Å². The molecule has 4 heteroatoms. The Bertz CT molecular complexity index is 202. The molecule has 0 rings (SSSR count). The van der Waals surface area contributed by atoms with Crippen LogP contribution in [0.15, 0.2) is 5.16 Å². The number of amidine groups is 1. The zero-order chi connectivity index (χ0) is 11.9. The maximum atomic E-state index is 8.60. The summed E-state index contributed by atoms with van der Waals surface area (Å²) in [4.78, 5) is 0. The van der Waals surface area contributed by atoms with Crippen LogP contribution in [0.1, 0.15) is 40.5 Å².